The zero-order valence-electron chi connectivity index (χ0n) is 15.0. The van der Waals surface area contributed by atoms with Gasteiger partial charge in [0.1, 0.15) is 0 Å². The first-order chi connectivity index (χ1) is 11.1. The van der Waals surface area contributed by atoms with Crippen LogP contribution in [0, 0.1) is 11.8 Å². The van der Waals surface area contributed by atoms with Crippen LogP contribution in [-0.2, 0) is 4.74 Å². The van der Waals surface area contributed by atoms with Crippen molar-refractivity contribution in [2.75, 3.05) is 39.3 Å². The minimum absolute atomic E-state index is 0.0737. The molecule has 0 bridgehead atoms. The highest BCUT2D eigenvalue weighted by Gasteiger charge is 2.21. The number of nitrogens with zero attached hydrogens (tertiary/aromatic N) is 1. The summed E-state index contributed by atoms with van der Waals surface area (Å²) in [6.45, 7) is 9.79. The number of rotatable bonds is 7. The van der Waals surface area contributed by atoms with Crippen LogP contribution in [0.3, 0.4) is 0 Å². The Morgan fingerprint density at radius 2 is 1.87 bits per heavy atom. The highest BCUT2D eigenvalue weighted by Crippen LogP contribution is 2.25. The van der Waals surface area contributed by atoms with E-state index in [2.05, 4.69) is 29.4 Å². The molecule has 2 fully saturated rings. The molecule has 1 aliphatic carbocycles. The molecule has 0 radical (unpaired) electrons. The summed E-state index contributed by atoms with van der Waals surface area (Å²) in [5.41, 5.74) is 0. The fraction of sp³-hybridized carbons (Fsp3) is 0.944. The molecule has 0 spiro atoms. The number of urea groups is 1. The molecule has 0 aromatic rings. The number of hydrogen-bond acceptors (Lipinski definition) is 3. The van der Waals surface area contributed by atoms with Crippen molar-refractivity contribution < 1.29 is 9.53 Å². The second-order valence-corrected chi connectivity index (χ2v) is 7.40. The van der Waals surface area contributed by atoms with Gasteiger partial charge >= 0.3 is 6.03 Å². The Morgan fingerprint density at radius 3 is 2.65 bits per heavy atom. The van der Waals surface area contributed by atoms with Gasteiger partial charge in [0.05, 0.1) is 12.7 Å². The van der Waals surface area contributed by atoms with Crippen LogP contribution in [0.15, 0.2) is 0 Å². The van der Waals surface area contributed by atoms with E-state index in [4.69, 9.17) is 4.74 Å². The molecular weight excluding hydrogens is 290 g/mol. The third-order valence-corrected chi connectivity index (χ3v) is 5.21. The van der Waals surface area contributed by atoms with Crippen LogP contribution in [0.5, 0.6) is 0 Å². The van der Waals surface area contributed by atoms with Crippen molar-refractivity contribution in [3.63, 3.8) is 0 Å². The summed E-state index contributed by atoms with van der Waals surface area (Å²) in [5.74, 6) is 1.45. The Morgan fingerprint density at radius 1 is 1.09 bits per heavy atom. The van der Waals surface area contributed by atoms with Crippen LogP contribution >= 0.6 is 0 Å². The largest absolute Gasteiger partial charge is 0.376 e. The van der Waals surface area contributed by atoms with Gasteiger partial charge in [-0.2, -0.15) is 0 Å². The van der Waals surface area contributed by atoms with E-state index in [-0.39, 0.29) is 6.03 Å². The van der Waals surface area contributed by atoms with E-state index in [0.717, 1.165) is 25.6 Å². The minimum atomic E-state index is -0.0737. The molecule has 1 saturated carbocycles. The fourth-order valence-corrected chi connectivity index (χ4v) is 3.78. The van der Waals surface area contributed by atoms with Gasteiger partial charge in [0.2, 0.25) is 0 Å². The van der Waals surface area contributed by atoms with E-state index in [9.17, 15) is 4.79 Å². The zero-order chi connectivity index (χ0) is 16.5. The van der Waals surface area contributed by atoms with Crippen molar-refractivity contribution in [2.24, 2.45) is 11.8 Å². The summed E-state index contributed by atoms with van der Waals surface area (Å²) in [6.07, 6.45) is 8.05. The molecule has 2 N–H and O–H groups in total. The number of piperidine rings is 1. The maximum atomic E-state index is 11.8. The number of amides is 2. The van der Waals surface area contributed by atoms with Gasteiger partial charge < -0.3 is 20.3 Å². The Balaban J connectivity index is 1.47. The lowest BCUT2D eigenvalue weighted by Gasteiger charge is -2.30. The van der Waals surface area contributed by atoms with E-state index in [0.29, 0.717) is 25.2 Å². The topological polar surface area (TPSA) is 53.6 Å². The van der Waals surface area contributed by atoms with E-state index < -0.39 is 0 Å². The molecule has 1 aliphatic heterocycles. The summed E-state index contributed by atoms with van der Waals surface area (Å²) >= 11 is 0. The first kappa shape index (κ1) is 18.5. The van der Waals surface area contributed by atoms with Gasteiger partial charge in [0, 0.05) is 26.2 Å². The molecule has 134 valence electrons. The lowest BCUT2D eigenvalue weighted by atomic mass is 9.88. The fourth-order valence-electron chi connectivity index (χ4n) is 3.78. The molecule has 3 atom stereocenters. The Labute approximate surface area is 141 Å². The van der Waals surface area contributed by atoms with Gasteiger partial charge in [-0.15, -0.1) is 0 Å². The van der Waals surface area contributed by atoms with Crippen LogP contribution in [-0.4, -0.2) is 56.4 Å². The van der Waals surface area contributed by atoms with E-state index in [1.54, 1.807) is 0 Å². The van der Waals surface area contributed by atoms with E-state index >= 15 is 0 Å². The predicted octanol–water partition coefficient (Wildman–Crippen LogP) is 2.61. The Hall–Kier alpha value is -0.810. The van der Waals surface area contributed by atoms with Gasteiger partial charge in [-0.3, -0.25) is 0 Å². The summed E-state index contributed by atoms with van der Waals surface area (Å²) < 4.78 is 5.91. The number of nitrogens with one attached hydrogen (secondary N) is 2. The monoisotopic (exact) mass is 325 g/mol. The number of carbonyl (C=O) groups excluding carboxylic acids is 1. The average Bonchev–Trinajstić information content (AvgIpc) is 2.53. The summed E-state index contributed by atoms with van der Waals surface area (Å²) in [4.78, 5) is 14.2. The molecular formula is C18H35N3O2. The number of hydrogen-bond donors (Lipinski definition) is 2. The third-order valence-electron chi connectivity index (χ3n) is 5.21. The van der Waals surface area contributed by atoms with Crippen molar-refractivity contribution in [3.8, 4) is 0 Å². The van der Waals surface area contributed by atoms with Gasteiger partial charge in [0.25, 0.3) is 0 Å². The van der Waals surface area contributed by atoms with E-state index in [1.165, 1.54) is 45.1 Å². The van der Waals surface area contributed by atoms with Crippen LogP contribution < -0.4 is 10.6 Å². The van der Waals surface area contributed by atoms with Crippen LogP contribution in [0.4, 0.5) is 4.79 Å². The van der Waals surface area contributed by atoms with Gasteiger partial charge in [-0.25, -0.2) is 4.79 Å². The molecule has 3 unspecified atom stereocenters. The molecule has 5 nitrogen and oxygen atoms in total. The molecule has 1 heterocycles. The molecule has 2 aliphatic rings. The molecule has 0 aromatic carbocycles. The van der Waals surface area contributed by atoms with Gasteiger partial charge in [-0.1, -0.05) is 26.7 Å². The standard InChI is InChI=1S/C18H35N3O2/c1-15-6-5-11-21(14-15)12-9-19-18(22)20-10-13-23-17-8-4-3-7-16(17)2/h15-17H,3-14H2,1-2H3,(H2,19,20,22). The maximum Gasteiger partial charge on any atom is 0.314 e. The summed E-state index contributed by atoms with van der Waals surface area (Å²) in [5, 5.41) is 5.83. The van der Waals surface area contributed by atoms with Crippen molar-refractivity contribution >= 4 is 6.03 Å². The lowest BCUT2D eigenvalue weighted by Crippen LogP contribution is -2.43. The molecule has 0 aromatic heterocycles. The van der Waals surface area contributed by atoms with E-state index in [1.807, 2.05) is 0 Å². The Bertz CT molecular complexity index is 351. The lowest BCUT2D eigenvalue weighted by molar-refractivity contribution is -0.00243. The smallest absolute Gasteiger partial charge is 0.314 e. The number of ether oxygens (including phenoxy) is 1. The molecule has 5 heteroatoms. The van der Waals surface area contributed by atoms with Crippen molar-refractivity contribution in [3.05, 3.63) is 0 Å². The zero-order valence-corrected chi connectivity index (χ0v) is 15.0. The second-order valence-electron chi connectivity index (χ2n) is 7.40. The maximum absolute atomic E-state index is 11.8. The molecule has 2 rings (SSSR count). The second kappa shape index (κ2) is 10.1. The first-order valence-electron chi connectivity index (χ1n) is 9.51. The third kappa shape index (κ3) is 7.08. The average molecular weight is 325 g/mol. The first-order valence-corrected chi connectivity index (χ1v) is 9.51. The Kier molecular flexibility index (Phi) is 8.17. The van der Waals surface area contributed by atoms with Gasteiger partial charge in [-0.05, 0) is 44.1 Å². The molecule has 1 saturated heterocycles. The van der Waals surface area contributed by atoms with Crippen molar-refractivity contribution in [1.82, 2.24) is 15.5 Å². The van der Waals surface area contributed by atoms with Crippen LogP contribution in [0.25, 0.3) is 0 Å². The molecule has 2 amide bonds. The summed E-state index contributed by atoms with van der Waals surface area (Å²) in [7, 11) is 0. The van der Waals surface area contributed by atoms with Crippen LogP contribution in [0.1, 0.15) is 52.4 Å². The normalized spacial score (nSPS) is 29.2. The number of carbonyl (C=O) groups is 1. The highest BCUT2D eigenvalue weighted by molar-refractivity contribution is 5.73. The highest BCUT2D eigenvalue weighted by atomic mass is 16.5. The van der Waals surface area contributed by atoms with Crippen molar-refractivity contribution in [2.45, 2.75) is 58.5 Å². The minimum Gasteiger partial charge on any atom is -0.376 e. The predicted molar refractivity (Wildman–Crippen MR) is 93.6 cm³/mol. The quantitative estimate of drug-likeness (QED) is 0.708. The summed E-state index contributed by atoms with van der Waals surface area (Å²) in [6, 6.07) is -0.0737. The number of likely N-dealkylation sites (tertiary alicyclic amines) is 1. The SMILES string of the molecule is CC1CCCN(CCNC(=O)NCCOC2CCCCC2C)C1. The van der Waals surface area contributed by atoms with Crippen LogP contribution in [0.2, 0.25) is 0 Å². The van der Waals surface area contributed by atoms with Gasteiger partial charge in [0.15, 0.2) is 0 Å². The van der Waals surface area contributed by atoms with Crippen molar-refractivity contribution in [1.29, 1.82) is 0 Å². The molecule has 23 heavy (non-hydrogen) atoms.